The fourth-order valence-corrected chi connectivity index (χ4v) is 7.98. The maximum absolute atomic E-state index is 15.9. The fourth-order valence-electron chi connectivity index (χ4n) is 7.00. The molecule has 8 nitrogen and oxygen atoms in total. The molecule has 1 aliphatic heterocycles. The molecule has 4 heterocycles. The van der Waals surface area contributed by atoms with E-state index in [-0.39, 0.29) is 16.6 Å². The molecule has 4 atom stereocenters. The van der Waals surface area contributed by atoms with Crippen LogP contribution in [0.3, 0.4) is 0 Å². The average molecular weight is 481 g/mol. The molecule has 4 aromatic rings. The number of allylic oxidation sites excluding steroid dienone is 1. The zero-order valence-corrected chi connectivity index (χ0v) is 19.1. The minimum atomic E-state index is -1.59. The molecule has 34 heavy (non-hydrogen) atoms. The second kappa shape index (κ2) is 6.45. The van der Waals surface area contributed by atoms with Gasteiger partial charge < -0.3 is 20.5 Å². The average Bonchev–Trinajstić information content (AvgIpc) is 3.60. The third-order valence-electron chi connectivity index (χ3n) is 8.35. The molecule has 3 aliphatic rings. The van der Waals surface area contributed by atoms with E-state index in [4.69, 9.17) is 15.6 Å². The van der Waals surface area contributed by atoms with Crippen LogP contribution in [0, 0.1) is 29.0 Å². The Morgan fingerprint density at radius 2 is 2.26 bits per heavy atom. The van der Waals surface area contributed by atoms with Crippen molar-refractivity contribution in [2.45, 2.75) is 6.42 Å². The van der Waals surface area contributed by atoms with Crippen LogP contribution in [0.15, 0.2) is 33.4 Å². The lowest BCUT2D eigenvalue weighted by atomic mass is 9.75. The highest BCUT2D eigenvalue weighted by molar-refractivity contribution is 7.16. The summed E-state index contributed by atoms with van der Waals surface area (Å²) < 4.78 is 22.5. The summed E-state index contributed by atoms with van der Waals surface area (Å²) in [5.74, 6) is 0.414. The zero-order chi connectivity index (χ0) is 23.5. The molecule has 7 rings (SSSR count). The lowest BCUT2D eigenvalue weighted by Gasteiger charge is -2.31. The third-order valence-corrected chi connectivity index (χ3v) is 9.29. The van der Waals surface area contributed by atoms with Crippen LogP contribution >= 0.6 is 11.3 Å². The summed E-state index contributed by atoms with van der Waals surface area (Å²) in [4.78, 5) is 31.4. The Kier molecular flexibility index (Phi) is 3.83. The molecule has 2 fully saturated rings. The van der Waals surface area contributed by atoms with Crippen molar-refractivity contribution < 1.29 is 19.0 Å². The Hall–Kier alpha value is -3.24. The normalized spacial score (nSPS) is 28.4. The van der Waals surface area contributed by atoms with E-state index in [1.54, 1.807) is 16.8 Å². The molecular weight excluding hydrogens is 459 g/mol. The molecule has 174 valence electrons. The van der Waals surface area contributed by atoms with Crippen molar-refractivity contribution in [3.8, 4) is 5.75 Å². The number of benzene rings is 1. The molecule has 4 unspecified atom stereocenters. The number of nitrogens with two attached hydrogens (primary N) is 1. The number of thiazole rings is 1. The van der Waals surface area contributed by atoms with Crippen molar-refractivity contribution in [2.24, 2.45) is 33.9 Å². The lowest BCUT2D eigenvalue weighted by molar-refractivity contribution is 0.144. The number of hydrogen-bond acceptors (Lipinski definition) is 7. The van der Waals surface area contributed by atoms with Gasteiger partial charge in [0.05, 0.1) is 32.9 Å². The molecule has 1 saturated carbocycles. The Morgan fingerprint density at radius 1 is 1.44 bits per heavy atom. The van der Waals surface area contributed by atoms with E-state index < -0.39 is 17.4 Å². The number of anilines is 1. The Bertz CT molecular complexity index is 1680. The fraction of sp³-hybridized carbons (Fsp3) is 0.375. The van der Waals surface area contributed by atoms with E-state index >= 15 is 4.39 Å². The van der Waals surface area contributed by atoms with Crippen LogP contribution in [0.2, 0.25) is 0 Å². The largest absolute Gasteiger partial charge is 0.511 e. The molecule has 2 aliphatic carbocycles. The topological polar surface area (TPSA) is 110 Å². The summed E-state index contributed by atoms with van der Waals surface area (Å²) in [6.07, 6.45) is 4.02. The number of ether oxygens (including phenoxy) is 1. The number of aromatic nitrogens is 1. The van der Waals surface area contributed by atoms with Crippen molar-refractivity contribution >= 4 is 49.8 Å². The van der Waals surface area contributed by atoms with Crippen LogP contribution in [0.1, 0.15) is 6.42 Å². The highest BCUT2D eigenvalue weighted by Crippen LogP contribution is 2.59. The number of hydrogen-bond donors (Lipinski definition) is 2. The van der Waals surface area contributed by atoms with Crippen LogP contribution in [0.4, 0.5) is 14.9 Å². The van der Waals surface area contributed by atoms with Gasteiger partial charge in [-0.05, 0) is 30.2 Å². The van der Waals surface area contributed by atoms with Gasteiger partial charge in [0.2, 0.25) is 11.2 Å². The Labute approximate surface area is 196 Å². The van der Waals surface area contributed by atoms with Gasteiger partial charge in [-0.2, -0.15) is 0 Å². The maximum Gasteiger partial charge on any atom is 0.511 e. The molecule has 0 spiro atoms. The molecule has 3 N–H and O–H groups in total. The van der Waals surface area contributed by atoms with Gasteiger partial charge in [0, 0.05) is 37.5 Å². The predicted octanol–water partition coefficient (Wildman–Crippen LogP) is 2.86. The van der Waals surface area contributed by atoms with Gasteiger partial charge in [0.15, 0.2) is 0 Å². The van der Waals surface area contributed by atoms with Crippen LogP contribution in [0.5, 0.6) is 5.75 Å². The lowest BCUT2D eigenvalue weighted by Crippen LogP contribution is -2.36. The standard InChI is InChI=1S/C24H21FN4O4S/c1-27-17-15-8-34-22-21(33-23(31)32)20(30)11-4-14(25)19(16(17)18(11)29(15)22)28-6-12-10-2-3-24(5-10,9-26)13(12)7-28/h2-4,8,10,12-13H,5-7,9,26H2,1H3,(H,31,32). The van der Waals surface area contributed by atoms with Gasteiger partial charge in [0.25, 0.3) is 0 Å². The molecule has 2 bridgehead atoms. The van der Waals surface area contributed by atoms with E-state index in [0.717, 1.165) is 13.0 Å². The van der Waals surface area contributed by atoms with Crippen molar-refractivity contribution in [1.82, 2.24) is 4.40 Å². The monoisotopic (exact) mass is 480 g/mol. The Morgan fingerprint density at radius 3 is 3.00 bits per heavy atom. The van der Waals surface area contributed by atoms with Crippen molar-refractivity contribution in [1.29, 1.82) is 0 Å². The summed E-state index contributed by atoms with van der Waals surface area (Å²) in [6.45, 7) is 2.00. The molecule has 0 radical (unpaired) electrons. The first kappa shape index (κ1) is 20.2. The molecule has 1 saturated heterocycles. The molecular formula is C24H21FN4O4S. The van der Waals surface area contributed by atoms with Crippen molar-refractivity contribution in [3.63, 3.8) is 0 Å². The van der Waals surface area contributed by atoms with Crippen LogP contribution in [-0.4, -0.2) is 42.3 Å². The van der Waals surface area contributed by atoms with Crippen molar-refractivity contribution in [3.05, 3.63) is 45.0 Å². The van der Waals surface area contributed by atoms with E-state index in [0.29, 0.717) is 63.1 Å². The first-order valence-corrected chi connectivity index (χ1v) is 12.1. The summed E-state index contributed by atoms with van der Waals surface area (Å²) in [5.41, 5.74) is 7.24. The minimum Gasteiger partial charge on any atom is -0.449 e. The van der Waals surface area contributed by atoms with Gasteiger partial charge in [0.1, 0.15) is 10.6 Å². The predicted molar refractivity (Wildman–Crippen MR) is 127 cm³/mol. The first-order valence-electron chi connectivity index (χ1n) is 11.2. The number of carboxylic acid groups (broad SMARTS) is 1. The van der Waals surface area contributed by atoms with Crippen LogP contribution in [0.25, 0.3) is 26.6 Å². The van der Waals surface area contributed by atoms with Gasteiger partial charge >= 0.3 is 6.16 Å². The number of fused-ring (bicyclic) bond motifs is 5. The maximum atomic E-state index is 15.9. The SMILES string of the molecule is CN=c1c2c(N3CC4C5C=CC(CN)(C5)C4C3)c(F)cc3c(=O)c(OC(=O)O)c4scc1n4c32. The number of carbonyl (C=O) groups is 1. The van der Waals surface area contributed by atoms with Crippen molar-refractivity contribution in [2.75, 3.05) is 31.6 Å². The number of halogens is 1. The van der Waals surface area contributed by atoms with Crippen LogP contribution in [-0.2, 0) is 0 Å². The zero-order valence-electron chi connectivity index (χ0n) is 18.2. The summed E-state index contributed by atoms with van der Waals surface area (Å²) in [7, 11) is 1.64. The first-order chi connectivity index (χ1) is 16.4. The molecule has 0 amide bonds. The van der Waals surface area contributed by atoms with E-state index in [9.17, 15) is 9.59 Å². The van der Waals surface area contributed by atoms with E-state index in [1.165, 1.54) is 17.4 Å². The number of pyridine rings is 1. The highest BCUT2D eigenvalue weighted by Gasteiger charge is 2.57. The Balaban J connectivity index is 1.50. The minimum absolute atomic E-state index is 0.0229. The summed E-state index contributed by atoms with van der Waals surface area (Å²) >= 11 is 1.21. The van der Waals surface area contributed by atoms with Crippen LogP contribution < -0.4 is 26.2 Å². The molecule has 1 aromatic carbocycles. The summed E-state index contributed by atoms with van der Waals surface area (Å²) in [6, 6.07) is 1.22. The van der Waals surface area contributed by atoms with E-state index in [2.05, 4.69) is 22.0 Å². The molecule has 10 heteroatoms. The smallest absolute Gasteiger partial charge is 0.449 e. The van der Waals surface area contributed by atoms with Gasteiger partial charge in [-0.1, -0.05) is 12.2 Å². The van der Waals surface area contributed by atoms with Gasteiger partial charge in [-0.15, -0.1) is 11.3 Å². The number of nitrogens with zero attached hydrogens (tertiary/aromatic N) is 3. The van der Waals surface area contributed by atoms with Gasteiger partial charge in [-0.25, -0.2) is 9.18 Å². The van der Waals surface area contributed by atoms with E-state index in [1.807, 2.05) is 0 Å². The third kappa shape index (κ3) is 2.23. The quantitative estimate of drug-likeness (QED) is 0.345. The van der Waals surface area contributed by atoms with Gasteiger partial charge in [-0.3, -0.25) is 14.2 Å². The second-order valence-corrected chi connectivity index (χ2v) is 10.5. The summed E-state index contributed by atoms with van der Waals surface area (Å²) in [5, 5.41) is 12.2. The number of rotatable bonds is 3. The highest BCUT2D eigenvalue weighted by atomic mass is 32.1. The second-order valence-electron chi connectivity index (χ2n) is 9.68. The molecule has 3 aromatic heterocycles.